The van der Waals surface area contributed by atoms with Gasteiger partial charge in [-0.05, 0) is 35.8 Å². The minimum atomic E-state index is -0.189. The third kappa shape index (κ3) is 5.71. The molecule has 1 heterocycles. The number of anilines is 2. The van der Waals surface area contributed by atoms with Gasteiger partial charge in [-0.2, -0.15) is 0 Å². The van der Waals surface area contributed by atoms with Gasteiger partial charge in [-0.1, -0.05) is 71.4 Å². The zero-order valence-electron chi connectivity index (χ0n) is 17.2. The Balaban J connectivity index is 0.00000136. The fourth-order valence-corrected chi connectivity index (χ4v) is 3.70. The van der Waals surface area contributed by atoms with Crippen LogP contribution in [0, 0.1) is 6.92 Å². The molecule has 0 aliphatic carbocycles. The van der Waals surface area contributed by atoms with E-state index < -0.39 is 0 Å². The van der Waals surface area contributed by atoms with E-state index in [1.807, 2.05) is 39.0 Å². The lowest BCUT2D eigenvalue weighted by Gasteiger charge is -2.14. The predicted molar refractivity (Wildman–Crippen MR) is 120 cm³/mol. The van der Waals surface area contributed by atoms with Gasteiger partial charge in [0, 0.05) is 11.3 Å². The molecule has 0 aliphatic rings. The van der Waals surface area contributed by atoms with Gasteiger partial charge in [0.15, 0.2) is 0 Å². The SMILES string of the molecule is CC.COC(=O)CC(C)c1ccc(C)c(Nc2nc(-c3ccccc3)c[pH]2)c1. The number of esters is 1. The highest BCUT2D eigenvalue weighted by Crippen LogP contribution is 2.33. The van der Waals surface area contributed by atoms with Gasteiger partial charge in [0.1, 0.15) is 5.55 Å². The third-order valence-electron chi connectivity index (χ3n) is 4.43. The quantitative estimate of drug-likeness (QED) is 0.482. The van der Waals surface area contributed by atoms with Crippen LogP contribution < -0.4 is 5.32 Å². The maximum Gasteiger partial charge on any atom is 0.306 e. The van der Waals surface area contributed by atoms with E-state index >= 15 is 0 Å². The second-order valence-corrected chi connectivity index (χ2v) is 7.43. The smallest absolute Gasteiger partial charge is 0.306 e. The average molecular weight is 396 g/mol. The summed E-state index contributed by atoms with van der Waals surface area (Å²) in [6, 6.07) is 16.5. The first-order valence-electron chi connectivity index (χ1n) is 9.62. The van der Waals surface area contributed by atoms with E-state index in [4.69, 9.17) is 9.72 Å². The number of carbonyl (C=O) groups excluding carboxylic acids is 1. The maximum absolute atomic E-state index is 11.5. The number of aromatic nitrogens is 1. The molecule has 1 N–H and O–H groups in total. The molecule has 3 aromatic rings. The van der Waals surface area contributed by atoms with E-state index in [1.165, 1.54) is 7.11 Å². The van der Waals surface area contributed by atoms with Crippen molar-refractivity contribution in [1.29, 1.82) is 0 Å². The molecule has 2 atom stereocenters. The normalized spacial score (nSPS) is 11.5. The standard InChI is InChI=1S/C21H23N2O2P.C2H6/c1-14-9-10-17(15(2)11-20(24)25-3)12-18(14)22-21-23-19(13-26-21)16-7-5-4-6-8-16;1-2/h4-10,12-13,15,26H,11H2,1-3H3,(H,22,23);1-2H3. The molecular weight excluding hydrogens is 367 g/mol. The van der Waals surface area contributed by atoms with Gasteiger partial charge in [-0.25, -0.2) is 4.98 Å². The Bertz CT molecular complexity index is 891. The Morgan fingerprint density at radius 1 is 1.18 bits per heavy atom. The van der Waals surface area contributed by atoms with Crippen molar-refractivity contribution in [3.63, 3.8) is 0 Å². The number of methoxy groups -OCH3 is 1. The van der Waals surface area contributed by atoms with E-state index in [-0.39, 0.29) is 11.9 Å². The zero-order valence-corrected chi connectivity index (χ0v) is 18.2. The van der Waals surface area contributed by atoms with Crippen molar-refractivity contribution >= 4 is 25.4 Å². The summed E-state index contributed by atoms with van der Waals surface area (Å²) in [6.45, 7) is 8.11. The van der Waals surface area contributed by atoms with E-state index in [9.17, 15) is 4.79 Å². The summed E-state index contributed by atoms with van der Waals surface area (Å²) in [5, 5.41) is 3.47. The summed E-state index contributed by atoms with van der Waals surface area (Å²) in [7, 11) is 1.94. The summed E-state index contributed by atoms with van der Waals surface area (Å²) < 4.78 is 4.78. The number of aryl methyl sites for hydroxylation is 1. The molecule has 0 amide bonds. The van der Waals surface area contributed by atoms with Gasteiger partial charge < -0.3 is 10.1 Å². The third-order valence-corrected chi connectivity index (χ3v) is 5.36. The Labute approximate surface area is 169 Å². The van der Waals surface area contributed by atoms with Gasteiger partial charge in [-0.15, -0.1) is 0 Å². The topological polar surface area (TPSA) is 51.2 Å². The fourth-order valence-electron chi connectivity index (χ4n) is 2.80. The van der Waals surface area contributed by atoms with Gasteiger partial charge in [0.2, 0.25) is 0 Å². The average Bonchev–Trinajstić information content (AvgIpc) is 3.20. The zero-order chi connectivity index (χ0) is 20.5. The molecule has 1 aromatic heterocycles. The highest BCUT2D eigenvalue weighted by atomic mass is 31.0. The minimum Gasteiger partial charge on any atom is -0.469 e. The van der Waals surface area contributed by atoms with E-state index in [0.29, 0.717) is 14.6 Å². The molecule has 0 aliphatic heterocycles. The van der Waals surface area contributed by atoms with Crippen molar-refractivity contribution in [2.45, 2.75) is 40.0 Å². The summed E-state index contributed by atoms with van der Waals surface area (Å²) in [5.41, 5.74) is 6.41. The molecule has 3 rings (SSSR count). The van der Waals surface area contributed by atoms with Crippen LogP contribution >= 0.6 is 8.19 Å². The second-order valence-electron chi connectivity index (χ2n) is 6.38. The van der Waals surface area contributed by atoms with Crippen LogP contribution in [-0.2, 0) is 9.53 Å². The van der Waals surface area contributed by atoms with Gasteiger partial charge in [0.25, 0.3) is 0 Å². The second kappa shape index (κ2) is 10.7. The highest BCUT2D eigenvalue weighted by Gasteiger charge is 2.13. The number of ether oxygens (including phenoxy) is 1. The van der Waals surface area contributed by atoms with Crippen molar-refractivity contribution in [2.24, 2.45) is 0 Å². The molecule has 4 nitrogen and oxygen atoms in total. The van der Waals surface area contributed by atoms with Crippen LogP contribution in [0.25, 0.3) is 11.3 Å². The summed E-state index contributed by atoms with van der Waals surface area (Å²) in [5.74, 6) is 2.08. The first-order valence-corrected chi connectivity index (χ1v) is 10.7. The van der Waals surface area contributed by atoms with E-state index in [0.717, 1.165) is 33.6 Å². The number of hydrogen-bond acceptors (Lipinski definition) is 4. The first-order chi connectivity index (χ1) is 13.6. The van der Waals surface area contributed by atoms with Crippen molar-refractivity contribution in [3.05, 3.63) is 65.5 Å². The van der Waals surface area contributed by atoms with Crippen LogP contribution in [0.2, 0.25) is 0 Å². The number of nitrogens with one attached hydrogen (secondary N) is 1. The number of carbonyl (C=O) groups is 1. The molecule has 2 unspecified atom stereocenters. The maximum atomic E-state index is 11.5. The molecule has 0 saturated heterocycles. The molecular formula is C23H29N2O2P. The molecule has 0 saturated carbocycles. The summed E-state index contributed by atoms with van der Waals surface area (Å²) in [6.07, 6.45) is 0.376. The van der Waals surface area contributed by atoms with Crippen LogP contribution in [0.5, 0.6) is 0 Å². The molecule has 28 heavy (non-hydrogen) atoms. The van der Waals surface area contributed by atoms with Crippen LogP contribution in [0.3, 0.4) is 0 Å². The predicted octanol–water partition coefficient (Wildman–Crippen LogP) is 6.52. The molecule has 0 fully saturated rings. The molecule has 5 heteroatoms. The largest absolute Gasteiger partial charge is 0.469 e. The lowest BCUT2D eigenvalue weighted by Crippen LogP contribution is -2.06. The molecule has 2 aromatic carbocycles. The first kappa shape index (κ1) is 21.7. The lowest BCUT2D eigenvalue weighted by molar-refractivity contribution is -0.140. The Kier molecular flexibility index (Phi) is 8.28. The van der Waals surface area contributed by atoms with Crippen LogP contribution in [0.15, 0.2) is 54.3 Å². The summed E-state index contributed by atoms with van der Waals surface area (Å²) >= 11 is 0. The molecule has 0 spiro atoms. The Hall–Kier alpha value is -2.58. The molecule has 0 bridgehead atoms. The van der Waals surface area contributed by atoms with Crippen LogP contribution in [0.4, 0.5) is 11.2 Å². The van der Waals surface area contributed by atoms with Crippen molar-refractivity contribution in [2.75, 3.05) is 12.4 Å². The van der Waals surface area contributed by atoms with Gasteiger partial charge in [-0.3, -0.25) is 4.79 Å². The number of nitrogens with zero attached hydrogens (tertiary/aromatic N) is 1. The van der Waals surface area contributed by atoms with Gasteiger partial charge >= 0.3 is 5.97 Å². The van der Waals surface area contributed by atoms with E-state index in [2.05, 4.69) is 48.4 Å². The summed E-state index contributed by atoms with van der Waals surface area (Å²) in [4.78, 5) is 16.3. The number of rotatable bonds is 6. The molecule has 0 radical (unpaired) electrons. The number of hydrogen-bond donors (Lipinski definition) is 1. The van der Waals surface area contributed by atoms with Crippen molar-refractivity contribution in [1.82, 2.24) is 4.98 Å². The number of benzene rings is 2. The van der Waals surface area contributed by atoms with Crippen LogP contribution in [0.1, 0.15) is 44.2 Å². The lowest BCUT2D eigenvalue weighted by atomic mass is 9.96. The van der Waals surface area contributed by atoms with Crippen molar-refractivity contribution in [3.8, 4) is 11.3 Å². The van der Waals surface area contributed by atoms with Crippen LogP contribution in [-0.4, -0.2) is 18.1 Å². The van der Waals surface area contributed by atoms with Gasteiger partial charge in [0.05, 0.1) is 19.2 Å². The molecule has 148 valence electrons. The minimum absolute atomic E-state index is 0.106. The van der Waals surface area contributed by atoms with E-state index in [1.54, 1.807) is 0 Å². The van der Waals surface area contributed by atoms with Crippen molar-refractivity contribution < 1.29 is 9.53 Å². The Morgan fingerprint density at radius 3 is 2.57 bits per heavy atom. The Morgan fingerprint density at radius 2 is 1.89 bits per heavy atom. The fraction of sp³-hybridized carbons (Fsp3) is 0.304. The highest BCUT2D eigenvalue weighted by molar-refractivity contribution is 7.33. The monoisotopic (exact) mass is 396 g/mol.